The Labute approximate surface area is 290 Å². The minimum Gasteiger partial charge on any atom is -0.309 e. The Balaban J connectivity index is 1.40. The van der Waals surface area contributed by atoms with Crippen LogP contribution >= 0.6 is 0 Å². The van der Waals surface area contributed by atoms with Gasteiger partial charge in [-0.05, 0) is 58.7 Å². The molecule has 0 unspecified atom stereocenters. The highest BCUT2D eigenvalue weighted by Gasteiger charge is 2.24. The second-order valence-electron chi connectivity index (χ2n) is 12.9. The minimum atomic E-state index is 1.15. The summed E-state index contributed by atoms with van der Waals surface area (Å²) in [6, 6.07) is 70.3. The van der Waals surface area contributed by atoms with E-state index in [9.17, 15) is 0 Å². The summed E-state index contributed by atoms with van der Waals surface area (Å²) in [5, 5.41) is 5.03. The van der Waals surface area contributed by atoms with E-state index in [-0.39, 0.29) is 0 Å². The third kappa shape index (κ3) is 4.36. The summed E-state index contributed by atoms with van der Waals surface area (Å²) in [5.74, 6) is 0. The number of para-hydroxylation sites is 3. The molecular formula is C48H32N2. The van der Waals surface area contributed by atoms with Gasteiger partial charge in [0.2, 0.25) is 0 Å². The molecule has 8 aromatic carbocycles. The second-order valence-corrected chi connectivity index (χ2v) is 12.9. The molecule has 234 valence electrons. The Morgan fingerprint density at radius 1 is 0.300 bits per heavy atom. The summed E-state index contributed by atoms with van der Waals surface area (Å²) in [6.07, 6.45) is 0. The van der Waals surface area contributed by atoms with E-state index in [0.29, 0.717) is 0 Å². The third-order valence-corrected chi connectivity index (χ3v) is 10.1. The molecule has 2 aromatic heterocycles. The summed E-state index contributed by atoms with van der Waals surface area (Å²) in [6.45, 7) is 0. The predicted molar refractivity (Wildman–Crippen MR) is 211 cm³/mol. The summed E-state index contributed by atoms with van der Waals surface area (Å²) in [5.41, 5.74) is 14.3. The molecule has 10 rings (SSSR count). The fraction of sp³-hybridized carbons (Fsp3) is 0. The highest BCUT2D eigenvalue weighted by atomic mass is 15.0. The fourth-order valence-corrected chi connectivity index (χ4v) is 7.96. The van der Waals surface area contributed by atoms with Gasteiger partial charge < -0.3 is 9.13 Å². The molecule has 2 nitrogen and oxygen atoms in total. The summed E-state index contributed by atoms with van der Waals surface area (Å²) < 4.78 is 4.98. The molecule has 0 atom stereocenters. The first-order valence-corrected chi connectivity index (χ1v) is 17.2. The standard InChI is InChI=1S/C48H32N2/c1-4-17-33(18-5-1)36-23-16-24-37(31-36)49-43-29-14-12-27-40(43)47-46-39-26-11-15-30-44(39)50(42-28-13-10-25-38(42)34-19-6-2-7-20-34)45(46)32-41(48(47)49)35-21-8-3-9-22-35/h1-32H. The topological polar surface area (TPSA) is 9.86 Å². The maximum absolute atomic E-state index is 2.49. The van der Waals surface area contributed by atoms with Gasteiger partial charge in [0.25, 0.3) is 0 Å². The van der Waals surface area contributed by atoms with Crippen LogP contribution in [0.1, 0.15) is 0 Å². The average molecular weight is 637 g/mol. The first-order valence-electron chi connectivity index (χ1n) is 17.2. The molecule has 0 saturated carbocycles. The quantitative estimate of drug-likeness (QED) is 0.178. The lowest BCUT2D eigenvalue weighted by molar-refractivity contribution is 1.17. The van der Waals surface area contributed by atoms with Gasteiger partial charge in [-0.3, -0.25) is 0 Å². The first kappa shape index (κ1) is 28.4. The lowest BCUT2D eigenvalue weighted by Crippen LogP contribution is -1.99. The number of benzene rings is 8. The van der Waals surface area contributed by atoms with E-state index in [0.717, 1.165) is 5.69 Å². The molecule has 0 saturated heterocycles. The normalized spacial score (nSPS) is 11.6. The van der Waals surface area contributed by atoms with Crippen LogP contribution in [0.4, 0.5) is 0 Å². The van der Waals surface area contributed by atoms with Crippen LogP contribution < -0.4 is 0 Å². The van der Waals surface area contributed by atoms with E-state index < -0.39 is 0 Å². The molecule has 0 radical (unpaired) electrons. The fourth-order valence-electron chi connectivity index (χ4n) is 7.96. The maximum atomic E-state index is 2.49. The molecule has 2 heterocycles. The van der Waals surface area contributed by atoms with Crippen molar-refractivity contribution in [3.63, 3.8) is 0 Å². The van der Waals surface area contributed by atoms with Crippen molar-refractivity contribution in [2.75, 3.05) is 0 Å². The molecule has 10 aromatic rings. The van der Waals surface area contributed by atoms with Crippen molar-refractivity contribution in [3.8, 4) is 44.8 Å². The Morgan fingerprint density at radius 3 is 1.52 bits per heavy atom. The SMILES string of the molecule is c1ccc(-c2cccc(-n3c4ccccc4c4c5c6ccccc6n(-c6ccccc6-c6ccccc6)c5cc(-c5ccccc5)c43)c2)cc1. The molecule has 0 fully saturated rings. The summed E-state index contributed by atoms with van der Waals surface area (Å²) in [4.78, 5) is 0. The van der Waals surface area contributed by atoms with Crippen molar-refractivity contribution in [2.24, 2.45) is 0 Å². The number of aromatic nitrogens is 2. The highest BCUT2D eigenvalue weighted by Crippen LogP contribution is 2.47. The highest BCUT2D eigenvalue weighted by molar-refractivity contribution is 6.31. The van der Waals surface area contributed by atoms with E-state index in [1.165, 1.54) is 82.7 Å². The zero-order chi connectivity index (χ0) is 33.0. The summed E-state index contributed by atoms with van der Waals surface area (Å²) >= 11 is 0. The van der Waals surface area contributed by atoms with Gasteiger partial charge in [0.05, 0.1) is 27.8 Å². The van der Waals surface area contributed by atoms with Crippen LogP contribution in [0.25, 0.3) is 88.4 Å². The second kappa shape index (κ2) is 11.5. The van der Waals surface area contributed by atoms with E-state index in [1.807, 2.05) is 0 Å². The van der Waals surface area contributed by atoms with E-state index in [1.54, 1.807) is 0 Å². The number of nitrogens with zero attached hydrogens (tertiary/aromatic N) is 2. The Morgan fingerprint density at radius 2 is 0.820 bits per heavy atom. The number of rotatable bonds is 5. The molecule has 50 heavy (non-hydrogen) atoms. The maximum Gasteiger partial charge on any atom is 0.0627 e. The van der Waals surface area contributed by atoms with Crippen LogP contribution in [0.15, 0.2) is 194 Å². The Hall–Kier alpha value is -6.64. The third-order valence-electron chi connectivity index (χ3n) is 10.1. The average Bonchev–Trinajstić information content (AvgIpc) is 3.72. The molecule has 0 aliphatic carbocycles. The molecule has 0 amide bonds. The van der Waals surface area contributed by atoms with Crippen molar-refractivity contribution in [3.05, 3.63) is 194 Å². The zero-order valence-electron chi connectivity index (χ0n) is 27.4. The van der Waals surface area contributed by atoms with Crippen molar-refractivity contribution < 1.29 is 0 Å². The largest absolute Gasteiger partial charge is 0.309 e. The molecule has 0 aliphatic heterocycles. The number of fused-ring (bicyclic) bond motifs is 7. The first-order chi connectivity index (χ1) is 24.8. The van der Waals surface area contributed by atoms with Crippen LogP contribution in [0, 0.1) is 0 Å². The van der Waals surface area contributed by atoms with Crippen LogP contribution in [0.5, 0.6) is 0 Å². The van der Waals surface area contributed by atoms with Gasteiger partial charge in [-0.1, -0.05) is 158 Å². The Kier molecular flexibility index (Phi) is 6.53. The van der Waals surface area contributed by atoms with Gasteiger partial charge in [-0.25, -0.2) is 0 Å². The van der Waals surface area contributed by atoms with Crippen molar-refractivity contribution in [1.29, 1.82) is 0 Å². The van der Waals surface area contributed by atoms with Gasteiger partial charge >= 0.3 is 0 Å². The van der Waals surface area contributed by atoms with Crippen molar-refractivity contribution in [2.45, 2.75) is 0 Å². The van der Waals surface area contributed by atoms with Gasteiger partial charge in [-0.2, -0.15) is 0 Å². The predicted octanol–water partition coefficient (Wildman–Crippen LogP) is 12.9. The van der Waals surface area contributed by atoms with E-state index >= 15 is 0 Å². The number of hydrogen-bond acceptors (Lipinski definition) is 0. The van der Waals surface area contributed by atoms with Gasteiger partial charge in [0, 0.05) is 38.4 Å². The van der Waals surface area contributed by atoms with E-state index in [4.69, 9.17) is 0 Å². The van der Waals surface area contributed by atoms with E-state index in [2.05, 4.69) is 203 Å². The van der Waals surface area contributed by atoms with Crippen LogP contribution in [-0.4, -0.2) is 9.13 Å². The van der Waals surface area contributed by atoms with Crippen LogP contribution in [0.3, 0.4) is 0 Å². The lowest BCUT2D eigenvalue weighted by atomic mass is 9.97. The minimum absolute atomic E-state index is 1.15. The smallest absolute Gasteiger partial charge is 0.0627 e. The van der Waals surface area contributed by atoms with Crippen LogP contribution in [0.2, 0.25) is 0 Å². The van der Waals surface area contributed by atoms with Gasteiger partial charge in [0.15, 0.2) is 0 Å². The van der Waals surface area contributed by atoms with Gasteiger partial charge in [-0.15, -0.1) is 0 Å². The van der Waals surface area contributed by atoms with Gasteiger partial charge in [0.1, 0.15) is 0 Å². The molecule has 2 heteroatoms. The van der Waals surface area contributed by atoms with Crippen molar-refractivity contribution >= 4 is 43.6 Å². The van der Waals surface area contributed by atoms with Crippen LogP contribution in [-0.2, 0) is 0 Å². The molecule has 0 N–H and O–H groups in total. The molecule has 0 bridgehead atoms. The molecular weight excluding hydrogens is 605 g/mol. The monoisotopic (exact) mass is 636 g/mol. The van der Waals surface area contributed by atoms with Crippen molar-refractivity contribution in [1.82, 2.24) is 9.13 Å². The zero-order valence-corrected chi connectivity index (χ0v) is 27.4. The number of hydrogen-bond donors (Lipinski definition) is 0. The summed E-state index contributed by atoms with van der Waals surface area (Å²) in [7, 11) is 0. The lowest BCUT2D eigenvalue weighted by Gasteiger charge is -2.16. The molecule has 0 aliphatic rings. The Bertz CT molecular complexity index is 2840. The molecule has 0 spiro atoms.